The lowest BCUT2D eigenvalue weighted by Gasteiger charge is -2.21. The van der Waals surface area contributed by atoms with Crippen molar-refractivity contribution in [2.75, 3.05) is 6.61 Å². The molecule has 0 radical (unpaired) electrons. The minimum atomic E-state index is -4.58. The number of Topliss-reactive ketones (excluding diaryl/α,β-unsaturated/α-hetero) is 1. The lowest BCUT2D eigenvalue weighted by molar-refractivity contribution is -0.122. The number of carbonyl (C=O) groups is 1. The predicted molar refractivity (Wildman–Crippen MR) is 93.1 cm³/mol. The highest BCUT2D eigenvalue weighted by Gasteiger charge is 2.44. The van der Waals surface area contributed by atoms with Crippen molar-refractivity contribution in [1.29, 1.82) is 0 Å². The third-order valence-electron chi connectivity index (χ3n) is 4.47. The highest BCUT2D eigenvalue weighted by Crippen LogP contribution is 2.20. The number of hydrogen-bond acceptors (Lipinski definition) is 4. The van der Waals surface area contributed by atoms with E-state index < -0.39 is 27.3 Å². The zero-order chi connectivity index (χ0) is 17.8. The largest absolute Gasteiger partial charge is 0.394 e. The van der Waals surface area contributed by atoms with Crippen LogP contribution in [0.2, 0.25) is 0 Å². The van der Waals surface area contributed by atoms with E-state index in [4.69, 9.17) is 9.66 Å². The first kappa shape index (κ1) is 22.5. The van der Waals surface area contributed by atoms with Crippen molar-refractivity contribution < 1.29 is 22.9 Å². The second-order valence-electron chi connectivity index (χ2n) is 6.57. The fourth-order valence-electron chi connectivity index (χ4n) is 2.53. The lowest BCUT2D eigenvalue weighted by Crippen LogP contribution is -2.46. The quantitative estimate of drug-likeness (QED) is 0.345. The van der Waals surface area contributed by atoms with Crippen molar-refractivity contribution in [3.63, 3.8) is 0 Å². The average Bonchev–Trinajstić information content (AvgIpc) is 2.50. The fraction of sp³-hybridized carbons (Fsp3) is 0.941. The Kier molecular flexibility index (Phi) is 11.7. The highest BCUT2D eigenvalue weighted by molar-refractivity contribution is 7.88. The molecule has 0 amide bonds. The Morgan fingerprint density at radius 2 is 1.26 bits per heavy atom. The molecule has 0 spiro atoms. The van der Waals surface area contributed by atoms with Crippen molar-refractivity contribution in [1.82, 2.24) is 0 Å². The minimum absolute atomic E-state index is 0.0772. The Morgan fingerprint density at radius 1 is 0.870 bits per heavy atom. The maximum Gasteiger partial charge on any atom is 0.279 e. The van der Waals surface area contributed by atoms with Gasteiger partial charge < -0.3 is 5.11 Å². The van der Waals surface area contributed by atoms with E-state index in [1.807, 2.05) is 0 Å². The molecular weight excluding hydrogens is 316 g/mol. The van der Waals surface area contributed by atoms with Crippen LogP contribution in [-0.4, -0.2) is 35.2 Å². The highest BCUT2D eigenvalue weighted by atomic mass is 32.2. The maximum absolute atomic E-state index is 11.9. The van der Waals surface area contributed by atoms with Crippen LogP contribution in [0.1, 0.15) is 90.9 Å². The molecule has 6 heteroatoms. The van der Waals surface area contributed by atoms with Crippen LogP contribution in [0.15, 0.2) is 0 Å². The second kappa shape index (κ2) is 12.0. The van der Waals surface area contributed by atoms with Gasteiger partial charge in [-0.1, -0.05) is 71.1 Å². The molecule has 5 nitrogen and oxygen atoms in total. The molecule has 0 aliphatic heterocycles. The van der Waals surface area contributed by atoms with Crippen molar-refractivity contribution in [3.05, 3.63) is 0 Å². The number of aliphatic hydroxyl groups is 1. The number of hydrogen-bond donors (Lipinski definition) is 2. The molecule has 23 heavy (non-hydrogen) atoms. The van der Waals surface area contributed by atoms with Gasteiger partial charge in [-0.2, -0.15) is 8.42 Å². The van der Waals surface area contributed by atoms with Gasteiger partial charge in [0.1, 0.15) is 0 Å². The molecule has 0 aliphatic carbocycles. The molecule has 0 aliphatic rings. The van der Waals surface area contributed by atoms with Gasteiger partial charge >= 0.3 is 0 Å². The van der Waals surface area contributed by atoms with Crippen molar-refractivity contribution in [2.45, 2.75) is 95.6 Å². The van der Waals surface area contributed by atoms with Crippen LogP contribution in [0, 0.1) is 0 Å². The molecule has 0 heterocycles. The molecule has 0 rings (SSSR count). The van der Waals surface area contributed by atoms with E-state index in [0.29, 0.717) is 6.42 Å². The molecule has 1 atom stereocenters. The van der Waals surface area contributed by atoms with Crippen LogP contribution in [0.25, 0.3) is 0 Å². The van der Waals surface area contributed by atoms with E-state index in [1.54, 1.807) is 0 Å². The van der Waals surface area contributed by atoms with Crippen LogP contribution in [0.3, 0.4) is 0 Å². The van der Waals surface area contributed by atoms with Gasteiger partial charge in [0.15, 0.2) is 10.5 Å². The van der Waals surface area contributed by atoms with E-state index in [1.165, 1.54) is 44.9 Å². The molecule has 0 fully saturated rings. The molecule has 0 aromatic heterocycles. The van der Waals surface area contributed by atoms with Gasteiger partial charge in [0, 0.05) is 6.42 Å². The van der Waals surface area contributed by atoms with Crippen LogP contribution >= 0.6 is 0 Å². The summed E-state index contributed by atoms with van der Waals surface area (Å²) in [5, 5.41) is 9.11. The molecule has 2 N–H and O–H groups in total. The number of carbonyl (C=O) groups excluding carboxylic acids is 1. The fourth-order valence-corrected chi connectivity index (χ4v) is 3.08. The lowest BCUT2D eigenvalue weighted by atomic mass is 9.99. The molecule has 0 aromatic rings. The van der Waals surface area contributed by atoms with E-state index in [2.05, 4.69) is 6.92 Å². The van der Waals surface area contributed by atoms with Gasteiger partial charge in [-0.25, -0.2) is 0 Å². The topological polar surface area (TPSA) is 91.7 Å². The van der Waals surface area contributed by atoms with E-state index in [0.717, 1.165) is 26.2 Å². The molecular formula is C17H34O5S. The molecule has 0 aromatic carbocycles. The van der Waals surface area contributed by atoms with Gasteiger partial charge in [-0.3, -0.25) is 9.35 Å². The normalized spacial score (nSPS) is 14.6. The van der Waals surface area contributed by atoms with Gasteiger partial charge in [0.05, 0.1) is 6.61 Å². The van der Waals surface area contributed by atoms with E-state index in [-0.39, 0.29) is 6.42 Å². The Balaban J connectivity index is 3.71. The molecule has 0 saturated heterocycles. The first-order chi connectivity index (χ1) is 10.8. The zero-order valence-corrected chi connectivity index (χ0v) is 15.5. The van der Waals surface area contributed by atoms with Crippen LogP contribution in [0.4, 0.5) is 0 Å². The molecule has 138 valence electrons. The summed E-state index contributed by atoms with van der Waals surface area (Å²) in [6.45, 7) is 2.40. The zero-order valence-electron chi connectivity index (χ0n) is 14.7. The van der Waals surface area contributed by atoms with Gasteiger partial charge in [0.25, 0.3) is 10.1 Å². The predicted octanol–water partition coefficient (Wildman–Crippen LogP) is 3.90. The van der Waals surface area contributed by atoms with E-state index >= 15 is 0 Å². The first-order valence-electron chi connectivity index (χ1n) is 8.90. The molecule has 1 unspecified atom stereocenters. The van der Waals surface area contributed by atoms with E-state index in [9.17, 15) is 13.2 Å². The first-order valence-corrected chi connectivity index (χ1v) is 10.3. The number of unbranched alkanes of at least 4 members (excludes halogenated alkanes) is 10. The standard InChI is InChI=1S/C17H34O5S/c1-3-4-5-6-7-8-9-10-11-12-13-14-16(19)17(2,15-18)23(20,21)22/h18H,3-15H2,1-2H3,(H,20,21,22). The number of rotatable bonds is 15. The Hall–Kier alpha value is -0.460. The average molecular weight is 351 g/mol. The van der Waals surface area contributed by atoms with Crippen LogP contribution in [0.5, 0.6) is 0 Å². The van der Waals surface area contributed by atoms with Crippen LogP contribution in [-0.2, 0) is 14.9 Å². The molecule has 0 saturated carbocycles. The summed E-state index contributed by atoms with van der Waals surface area (Å²) in [4.78, 5) is 11.9. The van der Waals surface area contributed by atoms with Gasteiger partial charge in [0.2, 0.25) is 0 Å². The van der Waals surface area contributed by atoms with Crippen LogP contribution < -0.4 is 0 Å². The smallest absolute Gasteiger partial charge is 0.279 e. The van der Waals surface area contributed by atoms with Gasteiger partial charge in [-0.05, 0) is 13.3 Å². The Morgan fingerprint density at radius 3 is 1.61 bits per heavy atom. The van der Waals surface area contributed by atoms with Crippen molar-refractivity contribution in [2.24, 2.45) is 0 Å². The summed E-state index contributed by atoms with van der Waals surface area (Å²) in [6, 6.07) is 0. The van der Waals surface area contributed by atoms with Crippen molar-refractivity contribution in [3.8, 4) is 0 Å². The summed E-state index contributed by atoms with van der Waals surface area (Å²) >= 11 is 0. The summed E-state index contributed by atoms with van der Waals surface area (Å²) in [7, 11) is -4.58. The SMILES string of the molecule is CCCCCCCCCCCCCC(=O)C(C)(CO)S(=O)(=O)O. The second-order valence-corrected chi connectivity index (χ2v) is 8.42. The van der Waals surface area contributed by atoms with Gasteiger partial charge in [-0.15, -0.1) is 0 Å². The summed E-state index contributed by atoms with van der Waals surface area (Å²) < 4.78 is 29.4. The Labute approximate surface area is 141 Å². The Bertz CT molecular complexity index is 419. The third kappa shape index (κ3) is 8.82. The minimum Gasteiger partial charge on any atom is -0.394 e. The summed E-state index contributed by atoms with van der Waals surface area (Å²) in [6.07, 6.45) is 12.7. The maximum atomic E-state index is 11.9. The number of ketones is 1. The molecule has 0 bridgehead atoms. The monoisotopic (exact) mass is 350 g/mol. The third-order valence-corrected chi connectivity index (χ3v) is 5.96. The summed E-state index contributed by atoms with van der Waals surface area (Å²) in [5.74, 6) is -0.613. The summed E-state index contributed by atoms with van der Waals surface area (Å²) in [5.41, 5.74) is 0. The number of aliphatic hydroxyl groups excluding tert-OH is 1. The van der Waals surface area contributed by atoms with Crippen molar-refractivity contribution >= 4 is 15.9 Å².